The van der Waals surface area contributed by atoms with E-state index in [1.165, 1.54) is 17.2 Å². The van der Waals surface area contributed by atoms with Crippen molar-refractivity contribution in [3.05, 3.63) is 70.0 Å². The van der Waals surface area contributed by atoms with Crippen molar-refractivity contribution in [2.75, 3.05) is 0 Å². The highest BCUT2D eigenvalue weighted by atomic mass is 35.5. The summed E-state index contributed by atoms with van der Waals surface area (Å²) in [7, 11) is 0. The van der Waals surface area contributed by atoms with E-state index in [0.717, 1.165) is 12.8 Å². The predicted octanol–water partition coefficient (Wildman–Crippen LogP) is 3.27. The third kappa shape index (κ3) is 2.95. The molecule has 1 unspecified atom stereocenters. The molecule has 0 aliphatic heterocycles. The molecular formula is C17H18ClFN2. The molecule has 0 saturated heterocycles. The Labute approximate surface area is 129 Å². The Morgan fingerprint density at radius 3 is 2.38 bits per heavy atom. The third-order valence-corrected chi connectivity index (χ3v) is 4.71. The predicted molar refractivity (Wildman–Crippen MR) is 83.6 cm³/mol. The Morgan fingerprint density at radius 2 is 1.81 bits per heavy atom. The van der Waals surface area contributed by atoms with Crippen molar-refractivity contribution in [3.8, 4) is 0 Å². The maximum absolute atomic E-state index is 13.9. The van der Waals surface area contributed by atoms with Crippen molar-refractivity contribution in [2.24, 2.45) is 11.8 Å². The van der Waals surface area contributed by atoms with E-state index in [1.807, 2.05) is 0 Å². The fourth-order valence-corrected chi connectivity index (χ4v) is 3.43. The maximum atomic E-state index is 13.9. The van der Waals surface area contributed by atoms with Crippen molar-refractivity contribution in [1.82, 2.24) is 5.43 Å². The van der Waals surface area contributed by atoms with Gasteiger partial charge in [-0.05, 0) is 48.4 Å². The van der Waals surface area contributed by atoms with Crippen LogP contribution in [0.5, 0.6) is 0 Å². The smallest absolute Gasteiger partial charge is 0.127 e. The van der Waals surface area contributed by atoms with E-state index >= 15 is 0 Å². The zero-order chi connectivity index (χ0) is 14.8. The molecule has 0 aromatic heterocycles. The number of nitrogens with two attached hydrogens (primary N) is 1. The molecule has 1 atom stereocenters. The number of rotatable bonds is 4. The van der Waals surface area contributed by atoms with Crippen molar-refractivity contribution in [3.63, 3.8) is 0 Å². The number of hydrogen-bond donors (Lipinski definition) is 2. The average Bonchev–Trinajstić information content (AvgIpc) is 2.90. The van der Waals surface area contributed by atoms with Crippen molar-refractivity contribution in [1.29, 1.82) is 0 Å². The minimum absolute atomic E-state index is 0.00630. The molecule has 3 N–H and O–H groups in total. The summed E-state index contributed by atoms with van der Waals surface area (Å²) >= 11 is 6.12. The lowest BCUT2D eigenvalue weighted by molar-refractivity contribution is 0.363. The van der Waals surface area contributed by atoms with Gasteiger partial charge in [0.1, 0.15) is 5.82 Å². The molecule has 0 heterocycles. The molecule has 1 aliphatic rings. The van der Waals surface area contributed by atoms with E-state index in [-0.39, 0.29) is 11.9 Å². The van der Waals surface area contributed by atoms with Crippen LogP contribution in [0, 0.1) is 11.7 Å². The number of nitrogens with one attached hydrogen (secondary N) is 1. The summed E-state index contributed by atoms with van der Waals surface area (Å²) in [6.07, 6.45) is 2.44. The van der Waals surface area contributed by atoms with Crippen LogP contribution in [0.4, 0.5) is 4.39 Å². The molecule has 110 valence electrons. The highest BCUT2D eigenvalue weighted by Crippen LogP contribution is 2.31. The molecule has 2 nitrogen and oxygen atoms in total. The number of hydrazine groups is 1. The largest absolute Gasteiger partial charge is 0.271 e. The molecule has 2 aromatic carbocycles. The Balaban J connectivity index is 1.78. The fourth-order valence-electron chi connectivity index (χ4n) is 3.19. The summed E-state index contributed by atoms with van der Waals surface area (Å²) < 4.78 is 13.9. The topological polar surface area (TPSA) is 38.0 Å². The van der Waals surface area contributed by atoms with Gasteiger partial charge in [-0.2, -0.15) is 0 Å². The molecule has 0 saturated carbocycles. The number of halogens is 2. The fraction of sp³-hybridized carbons (Fsp3) is 0.294. The summed E-state index contributed by atoms with van der Waals surface area (Å²) in [6.45, 7) is 0. The van der Waals surface area contributed by atoms with Crippen LogP contribution in [0.25, 0.3) is 0 Å². The lowest BCUT2D eigenvalue weighted by Gasteiger charge is -2.23. The SMILES string of the molecule is NNC(Cc1c(F)cccc1Cl)C1Cc2ccccc2C1. The number of benzene rings is 2. The van der Waals surface area contributed by atoms with Crippen LogP contribution in [0.15, 0.2) is 42.5 Å². The van der Waals surface area contributed by atoms with Gasteiger partial charge in [-0.15, -0.1) is 0 Å². The van der Waals surface area contributed by atoms with Gasteiger partial charge in [-0.3, -0.25) is 11.3 Å². The van der Waals surface area contributed by atoms with Crippen molar-refractivity contribution in [2.45, 2.75) is 25.3 Å². The molecule has 21 heavy (non-hydrogen) atoms. The molecule has 1 aliphatic carbocycles. The molecule has 0 fully saturated rings. The summed E-state index contributed by atoms with van der Waals surface area (Å²) in [4.78, 5) is 0. The van der Waals surface area contributed by atoms with E-state index in [9.17, 15) is 4.39 Å². The van der Waals surface area contributed by atoms with Crippen LogP contribution in [0.1, 0.15) is 16.7 Å². The van der Waals surface area contributed by atoms with Crippen LogP contribution in [0.3, 0.4) is 0 Å². The molecule has 0 radical (unpaired) electrons. The normalized spacial score (nSPS) is 16.0. The summed E-state index contributed by atoms with van der Waals surface area (Å²) in [5, 5.41) is 0.464. The van der Waals surface area contributed by atoms with Gasteiger partial charge in [0.25, 0.3) is 0 Å². The third-order valence-electron chi connectivity index (χ3n) is 4.35. The van der Waals surface area contributed by atoms with Crippen LogP contribution in [-0.2, 0) is 19.3 Å². The van der Waals surface area contributed by atoms with Crippen LogP contribution in [-0.4, -0.2) is 6.04 Å². The molecule has 0 bridgehead atoms. The zero-order valence-corrected chi connectivity index (χ0v) is 12.4. The first-order chi connectivity index (χ1) is 10.2. The monoisotopic (exact) mass is 304 g/mol. The first-order valence-electron chi connectivity index (χ1n) is 7.15. The summed E-state index contributed by atoms with van der Waals surface area (Å²) in [5.41, 5.74) is 6.12. The van der Waals surface area contributed by atoms with Gasteiger partial charge in [0, 0.05) is 16.6 Å². The zero-order valence-electron chi connectivity index (χ0n) is 11.7. The second kappa shape index (κ2) is 6.14. The van der Waals surface area contributed by atoms with E-state index in [1.54, 1.807) is 12.1 Å². The van der Waals surface area contributed by atoms with Crippen LogP contribution in [0.2, 0.25) is 5.02 Å². The van der Waals surface area contributed by atoms with E-state index in [0.29, 0.717) is 22.9 Å². The molecular weight excluding hydrogens is 287 g/mol. The minimum atomic E-state index is -0.265. The first-order valence-corrected chi connectivity index (χ1v) is 7.52. The maximum Gasteiger partial charge on any atom is 0.127 e. The second-order valence-electron chi connectivity index (χ2n) is 5.61. The van der Waals surface area contributed by atoms with Gasteiger partial charge in [0.15, 0.2) is 0 Å². The lowest BCUT2D eigenvalue weighted by Crippen LogP contribution is -2.43. The molecule has 2 aromatic rings. The van der Waals surface area contributed by atoms with Gasteiger partial charge in [-0.25, -0.2) is 4.39 Å². The first kappa shape index (κ1) is 14.5. The van der Waals surface area contributed by atoms with Gasteiger partial charge >= 0.3 is 0 Å². The van der Waals surface area contributed by atoms with E-state index in [2.05, 4.69) is 29.7 Å². The summed E-state index contributed by atoms with van der Waals surface area (Å²) in [5.74, 6) is 5.82. The standard InChI is InChI=1S/C17H18ClFN2/c18-15-6-3-7-16(19)14(15)10-17(21-20)13-8-11-4-1-2-5-12(11)9-13/h1-7,13,17,21H,8-10,20H2. The lowest BCUT2D eigenvalue weighted by atomic mass is 9.91. The highest BCUT2D eigenvalue weighted by molar-refractivity contribution is 6.31. The Kier molecular flexibility index (Phi) is 4.24. The number of fused-ring (bicyclic) bond motifs is 1. The Morgan fingerprint density at radius 1 is 1.14 bits per heavy atom. The molecule has 3 rings (SSSR count). The minimum Gasteiger partial charge on any atom is -0.271 e. The molecule has 4 heteroatoms. The second-order valence-corrected chi connectivity index (χ2v) is 6.02. The average molecular weight is 305 g/mol. The molecule has 0 amide bonds. The van der Waals surface area contributed by atoms with Crippen molar-refractivity contribution >= 4 is 11.6 Å². The molecule has 0 spiro atoms. The van der Waals surface area contributed by atoms with Crippen LogP contribution >= 0.6 is 11.6 Å². The van der Waals surface area contributed by atoms with Gasteiger partial charge in [-0.1, -0.05) is 41.9 Å². The van der Waals surface area contributed by atoms with Crippen LogP contribution < -0.4 is 11.3 Å². The highest BCUT2D eigenvalue weighted by Gasteiger charge is 2.29. The van der Waals surface area contributed by atoms with Crippen molar-refractivity contribution < 1.29 is 4.39 Å². The van der Waals surface area contributed by atoms with Gasteiger partial charge in [0.05, 0.1) is 0 Å². The van der Waals surface area contributed by atoms with E-state index in [4.69, 9.17) is 17.4 Å². The van der Waals surface area contributed by atoms with E-state index < -0.39 is 0 Å². The quantitative estimate of drug-likeness (QED) is 0.672. The summed E-state index contributed by atoms with van der Waals surface area (Å²) in [6, 6.07) is 13.2. The Hall–Kier alpha value is -1.42. The van der Waals surface area contributed by atoms with Gasteiger partial charge in [0.2, 0.25) is 0 Å². The Bertz CT molecular complexity index is 599. The number of hydrogen-bond acceptors (Lipinski definition) is 2. The van der Waals surface area contributed by atoms with Gasteiger partial charge < -0.3 is 0 Å².